The molecule has 0 N–H and O–H groups in total. The van der Waals surface area contributed by atoms with Crippen LogP contribution in [0.15, 0.2) is 36.4 Å². The summed E-state index contributed by atoms with van der Waals surface area (Å²) in [5, 5.41) is 19.6. The van der Waals surface area contributed by atoms with Gasteiger partial charge in [-0.25, -0.2) is 0 Å². The van der Waals surface area contributed by atoms with Crippen LogP contribution in [0.4, 0.5) is 11.6 Å². The number of anilines is 2. The molecule has 2 aromatic heterocycles. The Kier molecular flexibility index (Phi) is 4.77. The fraction of sp³-hybridized carbons (Fsp3) is 0.455. The smallest absolute Gasteiger partial charge is 0.179 e. The fourth-order valence-corrected chi connectivity index (χ4v) is 4.33. The van der Waals surface area contributed by atoms with Crippen molar-refractivity contribution in [1.29, 1.82) is 0 Å². The van der Waals surface area contributed by atoms with E-state index < -0.39 is 0 Å². The predicted octanol–water partition coefficient (Wildman–Crippen LogP) is 4.07. The summed E-state index contributed by atoms with van der Waals surface area (Å²) in [5.74, 6) is 1.85. The zero-order chi connectivity index (χ0) is 18.8. The van der Waals surface area contributed by atoms with E-state index in [0.29, 0.717) is 0 Å². The third-order valence-electron chi connectivity index (χ3n) is 5.87. The van der Waals surface area contributed by atoms with E-state index >= 15 is 0 Å². The van der Waals surface area contributed by atoms with Crippen LogP contribution in [0.5, 0.6) is 0 Å². The largest absolute Gasteiger partial charge is 0.355 e. The molecular weight excluding hydrogens is 348 g/mol. The number of hydrogen-bond donors (Lipinski definition) is 0. The van der Waals surface area contributed by atoms with Crippen LogP contribution in [-0.4, -0.2) is 46.6 Å². The van der Waals surface area contributed by atoms with Crippen LogP contribution >= 0.6 is 0 Å². The van der Waals surface area contributed by atoms with E-state index in [2.05, 4.69) is 43.3 Å². The van der Waals surface area contributed by atoms with Crippen molar-refractivity contribution in [3.8, 4) is 11.3 Å². The second-order valence-corrected chi connectivity index (χ2v) is 7.80. The minimum absolute atomic E-state index is 0.886. The SMILES string of the molecule is c1ccc(-c2cc3c(N4CCCCC4)nnc(N4CCCCC4)c3nn2)cc1. The highest BCUT2D eigenvalue weighted by atomic mass is 15.3. The lowest BCUT2D eigenvalue weighted by Crippen LogP contribution is -2.33. The molecule has 5 rings (SSSR count). The molecule has 6 nitrogen and oxygen atoms in total. The van der Waals surface area contributed by atoms with Gasteiger partial charge in [0.05, 0.1) is 11.1 Å². The molecule has 0 bridgehead atoms. The summed E-state index contributed by atoms with van der Waals surface area (Å²) in [6.07, 6.45) is 7.40. The minimum Gasteiger partial charge on any atom is -0.355 e. The molecule has 2 fully saturated rings. The molecular formula is C22H26N6. The third-order valence-corrected chi connectivity index (χ3v) is 5.87. The fourth-order valence-electron chi connectivity index (χ4n) is 4.33. The summed E-state index contributed by atoms with van der Waals surface area (Å²) in [6, 6.07) is 12.4. The van der Waals surface area contributed by atoms with Crippen LogP contribution in [0.3, 0.4) is 0 Å². The Hall–Kier alpha value is -2.76. The first-order valence-electron chi connectivity index (χ1n) is 10.5. The monoisotopic (exact) mass is 374 g/mol. The van der Waals surface area contributed by atoms with Crippen LogP contribution in [-0.2, 0) is 0 Å². The van der Waals surface area contributed by atoms with Crippen molar-refractivity contribution in [2.75, 3.05) is 36.0 Å². The molecule has 1 aromatic carbocycles. The van der Waals surface area contributed by atoms with Crippen molar-refractivity contribution in [3.63, 3.8) is 0 Å². The molecule has 3 aromatic rings. The number of hydrogen-bond acceptors (Lipinski definition) is 6. The van der Waals surface area contributed by atoms with Gasteiger partial charge in [0.25, 0.3) is 0 Å². The van der Waals surface area contributed by atoms with Gasteiger partial charge >= 0.3 is 0 Å². The zero-order valence-corrected chi connectivity index (χ0v) is 16.2. The Bertz CT molecular complexity index is 946. The molecule has 0 spiro atoms. The molecule has 0 amide bonds. The van der Waals surface area contributed by atoms with Crippen molar-refractivity contribution < 1.29 is 0 Å². The average molecular weight is 374 g/mol. The maximum absolute atomic E-state index is 4.71. The van der Waals surface area contributed by atoms with Crippen LogP contribution in [0, 0.1) is 0 Å². The van der Waals surface area contributed by atoms with Gasteiger partial charge in [0.15, 0.2) is 11.6 Å². The first-order chi connectivity index (χ1) is 13.9. The Balaban J connectivity index is 1.65. The summed E-state index contributed by atoms with van der Waals surface area (Å²) >= 11 is 0. The second kappa shape index (κ2) is 7.70. The molecule has 2 aliphatic rings. The Morgan fingerprint density at radius 1 is 0.607 bits per heavy atom. The van der Waals surface area contributed by atoms with E-state index in [4.69, 9.17) is 5.10 Å². The Morgan fingerprint density at radius 3 is 1.89 bits per heavy atom. The van der Waals surface area contributed by atoms with E-state index in [-0.39, 0.29) is 0 Å². The molecule has 0 atom stereocenters. The topological polar surface area (TPSA) is 58.0 Å². The van der Waals surface area contributed by atoms with Gasteiger partial charge in [0.2, 0.25) is 0 Å². The van der Waals surface area contributed by atoms with Crippen LogP contribution in [0.25, 0.3) is 22.2 Å². The molecule has 6 heteroatoms. The standard InChI is InChI=1S/C22H26N6/c1-4-10-17(11-5-1)19-16-18-20(24-23-19)22(28-14-8-3-9-15-28)26-25-21(18)27-12-6-2-7-13-27/h1,4-5,10-11,16H,2-3,6-9,12-15H2. The van der Waals surface area contributed by atoms with Gasteiger partial charge in [-0.15, -0.1) is 20.4 Å². The molecule has 0 aliphatic carbocycles. The first-order valence-corrected chi connectivity index (χ1v) is 10.5. The molecule has 2 saturated heterocycles. The molecule has 4 heterocycles. The van der Waals surface area contributed by atoms with Gasteiger partial charge < -0.3 is 9.80 Å². The van der Waals surface area contributed by atoms with Crippen LogP contribution in [0.2, 0.25) is 0 Å². The maximum Gasteiger partial charge on any atom is 0.179 e. The van der Waals surface area contributed by atoms with E-state index in [9.17, 15) is 0 Å². The van der Waals surface area contributed by atoms with Gasteiger partial charge in [-0.1, -0.05) is 30.3 Å². The number of benzene rings is 1. The Labute approximate surface area is 165 Å². The number of rotatable bonds is 3. The van der Waals surface area contributed by atoms with E-state index in [1.807, 2.05) is 18.2 Å². The molecule has 2 aliphatic heterocycles. The second-order valence-electron chi connectivity index (χ2n) is 7.80. The average Bonchev–Trinajstić information content (AvgIpc) is 2.80. The first kappa shape index (κ1) is 17.3. The van der Waals surface area contributed by atoms with Crippen molar-refractivity contribution in [2.45, 2.75) is 38.5 Å². The van der Waals surface area contributed by atoms with Crippen LogP contribution < -0.4 is 9.80 Å². The third kappa shape index (κ3) is 3.28. The molecule has 144 valence electrons. The van der Waals surface area contributed by atoms with E-state index in [0.717, 1.165) is 60.0 Å². The number of piperidine rings is 2. The lowest BCUT2D eigenvalue weighted by atomic mass is 10.1. The van der Waals surface area contributed by atoms with Gasteiger partial charge in [-0.2, -0.15) is 0 Å². The minimum atomic E-state index is 0.886. The normalized spacial score (nSPS) is 17.9. The number of fused-ring (bicyclic) bond motifs is 1. The van der Waals surface area contributed by atoms with Crippen molar-refractivity contribution in [2.24, 2.45) is 0 Å². The maximum atomic E-state index is 4.71. The molecule has 0 saturated carbocycles. The van der Waals surface area contributed by atoms with Gasteiger partial charge in [0, 0.05) is 31.7 Å². The van der Waals surface area contributed by atoms with Gasteiger partial charge in [-0.3, -0.25) is 0 Å². The van der Waals surface area contributed by atoms with E-state index in [1.165, 1.54) is 38.5 Å². The molecule has 0 unspecified atom stereocenters. The summed E-state index contributed by atoms with van der Waals surface area (Å²) < 4.78 is 0. The van der Waals surface area contributed by atoms with Crippen molar-refractivity contribution >= 4 is 22.5 Å². The highest BCUT2D eigenvalue weighted by molar-refractivity contribution is 5.97. The highest BCUT2D eigenvalue weighted by Gasteiger charge is 2.23. The summed E-state index contributed by atoms with van der Waals surface area (Å²) in [5.41, 5.74) is 2.86. The number of aromatic nitrogens is 4. The van der Waals surface area contributed by atoms with Gasteiger partial charge in [0.1, 0.15) is 5.52 Å². The van der Waals surface area contributed by atoms with Crippen molar-refractivity contribution in [3.05, 3.63) is 36.4 Å². The lowest BCUT2D eigenvalue weighted by molar-refractivity contribution is 0.566. The quantitative estimate of drug-likeness (QED) is 0.689. The summed E-state index contributed by atoms with van der Waals surface area (Å²) in [4.78, 5) is 4.70. The molecule has 0 radical (unpaired) electrons. The predicted molar refractivity (Wildman–Crippen MR) is 113 cm³/mol. The zero-order valence-electron chi connectivity index (χ0n) is 16.2. The van der Waals surface area contributed by atoms with Crippen molar-refractivity contribution in [1.82, 2.24) is 20.4 Å². The summed E-state index contributed by atoms with van der Waals surface area (Å²) in [6.45, 7) is 4.12. The number of nitrogens with zero attached hydrogens (tertiary/aromatic N) is 6. The highest BCUT2D eigenvalue weighted by Crippen LogP contribution is 2.33. The molecule has 28 heavy (non-hydrogen) atoms. The van der Waals surface area contributed by atoms with Crippen LogP contribution in [0.1, 0.15) is 38.5 Å². The van der Waals surface area contributed by atoms with E-state index in [1.54, 1.807) is 0 Å². The lowest BCUT2D eigenvalue weighted by Gasteiger charge is -2.30. The van der Waals surface area contributed by atoms with Gasteiger partial charge in [-0.05, 0) is 44.6 Å². The summed E-state index contributed by atoms with van der Waals surface area (Å²) in [7, 11) is 0. The Morgan fingerprint density at radius 2 is 1.21 bits per heavy atom.